The van der Waals surface area contributed by atoms with E-state index < -0.39 is 0 Å². The second-order valence-corrected chi connectivity index (χ2v) is 2.20. The van der Waals surface area contributed by atoms with Crippen LogP contribution in [0.5, 0.6) is 0 Å². The van der Waals surface area contributed by atoms with Gasteiger partial charge in [-0.05, 0) is 19.9 Å². The van der Waals surface area contributed by atoms with Crippen LogP contribution in [0.15, 0.2) is 0 Å². The Morgan fingerprint density at radius 1 is 1.75 bits per heavy atom. The lowest BCUT2D eigenvalue weighted by Gasteiger charge is -2.07. The van der Waals surface area contributed by atoms with Crippen LogP contribution in [0.3, 0.4) is 0 Å². The minimum atomic E-state index is -0.319. The van der Waals surface area contributed by atoms with Crippen molar-refractivity contribution in [2.24, 2.45) is 0 Å². The van der Waals surface area contributed by atoms with Gasteiger partial charge in [-0.3, -0.25) is 0 Å². The van der Waals surface area contributed by atoms with Crippen LogP contribution in [0.25, 0.3) is 0 Å². The molecule has 1 saturated carbocycles. The summed E-state index contributed by atoms with van der Waals surface area (Å²) in [6.07, 6.45) is 1.80. The predicted molar refractivity (Wildman–Crippen MR) is 31.8 cm³/mol. The van der Waals surface area contributed by atoms with Gasteiger partial charge in [-0.15, -0.1) is 0 Å². The lowest BCUT2D eigenvalue weighted by atomic mass is 9.93. The molecule has 0 bridgehead atoms. The number of likely N-dealkylation sites (N-methyl/N-ethyl adjacent to an activating group) is 1. The van der Waals surface area contributed by atoms with Crippen LogP contribution < -0.4 is 5.32 Å². The van der Waals surface area contributed by atoms with Gasteiger partial charge in [0, 0.05) is 0 Å². The molecule has 0 heterocycles. The summed E-state index contributed by atoms with van der Waals surface area (Å²) < 4.78 is 0. The Balaban J connectivity index is 2.53. The van der Waals surface area contributed by atoms with E-state index in [1.165, 1.54) is 0 Å². The molecule has 0 amide bonds. The monoisotopic (exact) mass is 109 g/mol. The van der Waals surface area contributed by atoms with E-state index in [0.717, 1.165) is 12.8 Å². The van der Waals surface area contributed by atoms with Crippen LogP contribution >= 0.6 is 0 Å². The molecule has 0 spiro atoms. The molecule has 1 aliphatic rings. The molecule has 1 rings (SSSR count). The summed E-state index contributed by atoms with van der Waals surface area (Å²) in [6.45, 7) is 0. The average Bonchev–Trinajstić information content (AvgIpc) is 2.44. The van der Waals surface area contributed by atoms with Gasteiger partial charge < -0.3 is 10.1 Å². The third-order valence-electron chi connectivity index (χ3n) is 1.70. The van der Waals surface area contributed by atoms with Gasteiger partial charge in [0.1, 0.15) is 0 Å². The lowest BCUT2D eigenvalue weighted by molar-refractivity contribution is -0.114. The van der Waals surface area contributed by atoms with E-state index in [1.807, 2.05) is 0 Å². The molecule has 0 saturated heterocycles. The Bertz CT molecular complexity index is 120. The normalized spacial score (nSPS) is 22.6. The maximum Gasteiger partial charge on any atom is 0.170 e. The first-order valence-corrected chi connectivity index (χ1v) is 2.70. The maximum atomic E-state index is 10.5. The fourth-order valence-electron chi connectivity index (χ4n) is 0.745. The summed E-state index contributed by atoms with van der Waals surface area (Å²) in [7, 11) is 6.80. The molecule has 2 nitrogen and oxygen atoms in total. The fraction of sp³-hybridized carbons (Fsp3) is 0.800. The van der Waals surface area contributed by atoms with Gasteiger partial charge in [-0.2, -0.15) is 0 Å². The van der Waals surface area contributed by atoms with Crippen molar-refractivity contribution in [3.8, 4) is 0 Å². The van der Waals surface area contributed by atoms with Gasteiger partial charge in [0.05, 0.1) is 11.2 Å². The van der Waals surface area contributed by atoms with E-state index in [9.17, 15) is 4.79 Å². The average molecular weight is 109 g/mol. The van der Waals surface area contributed by atoms with Crippen LogP contribution in [0.1, 0.15) is 12.8 Å². The summed E-state index contributed by atoms with van der Waals surface area (Å²) >= 11 is 0. The van der Waals surface area contributed by atoms with Gasteiger partial charge in [0.15, 0.2) is 7.85 Å². The van der Waals surface area contributed by atoms with E-state index in [0.29, 0.717) is 0 Å². The number of carbonyl (C=O) groups is 1. The first kappa shape index (κ1) is 5.82. The third kappa shape index (κ3) is 0.669. The van der Waals surface area contributed by atoms with Gasteiger partial charge in [0.25, 0.3) is 0 Å². The van der Waals surface area contributed by atoms with E-state index in [4.69, 9.17) is 7.85 Å². The van der Waals surface area contributed by atoms with Crippen molar-refractivity contribution < 1.29 is 4.79 Å². The molecule has 2 radical (unpaired) electrons. The Morgan fingerprint density at radius 2 is 2.25 bits per heavy atom. The molecule has 0 aliphatic heterocycles. The second kappa shape index (κ2) is 1.59. The summed E-state index contributed by atoms with van der Waals surface area (Å²) in [5.74, 6) is 0. The van der Waals surface area contributed by atoms with Crippen molar-refractivity contribution >= 4 is 13.5 Å². The van der Waals surface area contributed by atoms with Gasteiger partial charge in [-0.1, -0.05) is 0 Å². The summed E-state index contributed by atoms with van der Waals surface area (Å²) in [5.41, 5.74) is -0.542. The SMILES string of the molecule is [B]C(=O)C1(NC)CC1. The van der Waals surface area contributed by atoms with E-state index in [-0.39, 0.29) is 11.2 Å². The molecular weight excluding hydrogens is 101 g/mol. The van der Waals surface area contributed by atoms with Crippen LogP contribution in [0.2, 0.25) is 0 Å². The smallest absolute Gasteiger partial charge is 0.170 e. The van der Waals surface area contributed by atoms with Crippen LogP contribution in [-0.4, -0.2) is 26.1 Å². The molecule has 0 aromatic heterocycles. The zero-order valence-electron chi connectivity index (χ0n) is 4.90. The van der Waals surface area contributed by atoms with Crippen molar-refractivity contribution in [1.82, 2.24) is 5.32 Å². The highest BCUT2D eigenvalue weighted by molar-refractivity contribution is 6.60. The molecule has 3 heteroatoms. The fourth-order valence-corrected chi connectivity index (χ4v) is 0.745. The number of carbonyl (C=O) groups excluding carboxylic acids is 1. The number of rotatable bonds is 2. The topological polar surface area (TPSA) is 29.1 Å². The largest absolute Gasteiger partial charge is 0.311 e. The zero-order valence-corrected chi connectivity index (χ0v) is 4.90. The van der Waals surface area contributed by atoms with E-state index in [2.05, 4.69) is 5.32 Å². The molecule has 8 heavy (non-hydrogen) atoms. The second-order valence-electron chi connectivity index (χ2n) is 2.20. The lowest BCUT2D eigenvalue weighted by Crippen LogP contribution is -2.36. The Hall–Kier alpha value is -0.305. The summed E-state index contributed by atoms with van der Waals surface area (Å²) in [6, 6.07) is 0. The zero-order chi connectivity index (χ0) is 6.20. The van der Waals surface area contributed by atoms with Crippen LogP contribution in [-0.2, 0) is 4.79 Å². The number of nitrogens with one attached hydrogen (secondary N) is 1. The van der Waals surface area contributed by atoms with Crippen molar-refractivity contribution in [2.45, 2.75) is 18.4 Å². The standard InChI is InChI=1S/C5H8BNO/c1-7-5(2-3-5)4(6)8/h7H,2-3H2,1H3. The third-order valence-corrected chi connectivity index (χ3v) is 1.70. The van der Waals surface area contributed by atoms with Crippen molar-refractivity contribution in [2.75, 3.05) is 7.05 Å². The molecule has 1 fully saturated rings. The van der Waals surface area contributed by atoms with Crippen LogP contribution in [0, 0.1) is 0 Å². The Labute approximate surface area is 50.1 Å². The molecule has 1 aliphatic carbocycles. The van der Waals surface area contributed by atoms with Crippen molar-refractivity contribution in [3.63, 3.8) is 0 Å². The highest BCUT2D eigenvalue weighted by atomic mass is 16.1. The van der Waals surface area contributed by atoms with Crippen molar-refractivity contribution in [1.29, 1.82) is 0 Å². The van der Waals surface area contributed by atoms with Gasteiger partial charge >= 0.3 is 0 Å². The van der Waals surface area contributed by atoms with Gasteiger partial charge in [0.2, 0.25) is 0 Å². The minimum Gasteiger partial charge on any atom is -0.311 e. The highest BCUT2D eigenvalue weighted by Crippen LogP contribution is 2.34. The Kier molecular flexibility index (Phi) is 1.16. The van der Waals surface area contributed by atoms with E-state index in [1.54, 1.807) is 7.05 Å². The van der Waals surface area contributed by atoms with Crippen molar-refractivity contribution in [3.05, 3.63) is 0 Å². The van der Waals surface area contributed by atoms with Crippen LogP contribution in [0.4, 0.5) is 0 Å². The summed E-state index contributed by atoms with van der Waals surface area (Å²) in [4.78, 5) is 10.5. The first-order valence-electron chi connectivity index (χ1n) is 2.70. The predicted octanol–water partition coefficient (Wildman–Crippen LogP) is -0.567. The molecule has 0 atom stereocenters. The maximum absolute atomic E-state index is 10.5. The quantitative estimate of drug-likeness (QED) is 0.481. The molecule has 42 valence electrons. The highest BCUT2D eigenvalue weighted by Gasteiger charge is 2.44. The minimum absolute atomic E-state index is 0.222. The molecule has 0 aromatic carbocycles. The summed E-state index contributed by atoms with van der Waals surface area (Å²) in [5, 5.41) is 2.88. The molecular formula is C5H8BNO. The Morgan fingerprint density at radius 3 is 2.25 bits per heavy atom. The molecule has 0 aromatic rings. The number of hydrogen-bond donors (Lipinski definition) is 1. The number of hydrogen-bond acceptors (Lipinski definition) is 2. The molecule has 1 N–H and O–H groups in total. The first-order chi connectivity index (χ1) is 3.71. The van der Waals surface area contributed by atoms with E-state index >= 15 is 0 Å². The van der Waals surface area contributed by atoms with Gasteiger partial charge in [-0.25, -0.2) is 0 Å². The molecule has 0 unspecified atom stereocenters.